The van der Waals surface area contributed by atoms with Gasteiger partial charge in [0.1, 0.15) is 0 Å². The third-order valence-corrected chi connectivity index (χ3v) is 4.69. The highest BCUT2D eigenvalue weighted by Crippen LogP contribution is 2.40. The van der Waals surface area contributed by atoms with Crippen LogP contribution < -0.4 is 10.6 Å². The van der Waals surface area contributed by atoms with E-state index in [-0.39, 0.29) is 6.04 Å². The largest absolute Gasteiger partial charge is 0.368 e. The van der Waals surface area contributed by atoms with E-state index in [1.807, 2.05) is 0 Å². The van der Waals surface area contributed by atoms with Crippen LogP contribution in [0.5, 0.6) is 0 Å². The summed E-state index contributed by atoms with van der Waals surface area (Å²) in [4.78, 5) is 2.64. The average molecular weight is 244 g/mol. The lowest BCUT2D eigenvalue weighted by Crippen LogP contribution is -2.38. The summed E-state index contributed by atoms with van der Waals surface area (Å²) in [7, 11) is 0. The summed E-state index contributed by atoms with van der Waals surface area (Å²) in [6.45, 7) is 3.27. The summed E-state index contributed by atoms with van der Waals surface area (Å²) in [6, 6.07) is 9.87. The molecule has 0 bridgehead atoms. The van der Waals surface area contributed by atoms with Crippen LogP contribution in [0.15, 0.2) is 24.3 Å². The van der Waals surface area contributed by atoms with Gasteiger partial charge in [0.15, 0.2) is 0 Å². The summed E-state index contributed by atoms with van der Waals surface area (Å²) in [5, 5.41) is 0. The van der Waals surface area contributed by atoms with Gasteiger partial charge < -0.3 is 10.6 Å². The first-order valence-corrected chi connectivity index (χ1v) is 7.38. The predicted octanol–water partition coefficient (Wildman–Crippen LogP) is 3.27. The van der Waals surface area contributed by atoms with Crippen LogP contribution in [0.3, 0.4) is 0 Å². The van der Waals surface area contributed by atoms with E-state index in [4.69, 9.17) is 5.73 Å². The summed E-state index contributed by atoms with van der Waals surface area (Å²) in [5.74, 6) is 0.517. The van der Waals surface area contributed by atoms with Crippen molar-refractivity contribution < 1.29 is 0 Å². The van der Waals surface area contributed by atoms with Crippen molar-refractivity contribution in [3.05, 3.63) is 29.8 Å². The topological polar surface area (TPSA) is 29.3 Å². The van der Waals surface area contributed by atoms with Gasteiger partial charge >= 0.3 is 0 Å². The molecule has 1 aliphatic carbocycles. The minimum Gasteiger partial charge on any atom is -0.368 e. The zero-order valence-corrected chi connectivity index (χ0v) is 11.3. The molecule has 1 aliphatic heterocycles. The van der Waals surface area contributed by atoms with Crippen LogP contribution in [0, 0.1) is 0 Å². The average Bonchev–Trinajstić information content (AvgIpc) is 2.79. The van der Waals surface area contributed by atoms with Crippen molar-refractivity contribution in [3.63, 3.8) is 0 Å². The molecule has 2 nitrogen and oxygen atoms in total. The molecule has 1 fully saturated rings. The molecule has 0 aromatic heterocycles. The molecule has 2 heteroatoms. The Hall–Kier alpha value is -1.02. The minimum atomic E-state index is 0.250. The number of para-hydroxylation sites is 1. The maximum Gasteiger partial charge on any atom is 0.0405 e. The fraction of sp³-hybridized carbons (Fsp3) is 0.625. The van der Waals surface area contributed by atoms with Gasteiger partial charge in [-0.05, 0) is 31.4 Å². The number of benzene rings is 1. The highest BCUT2D eigenvalue weighted by atomic mass is 15.2. The van der Waals surface area contributed by atoms with Crippen LogP contribution in [0.1, 0.15) is 50.5 Å². The summed E-state index contributed by atoms with van der Waals surface area (Å²) < 4.78 is 0. The van der Waals surface area contributed by atoms with Gasteiger partial charge in [0.2, 0.25) is 0 Å². The molecule has 2 N–H and O–H groups in total. The summed E-state index contributed by atoms with van der Waals surface area (Å²) in [5.41, 5.74) is 9.10. The second-order valence-corrected chi connectivity index (χ2v) is 5.97. The standard InChI is InChI=1S/C16H24N2/c1-12(17)15-11-18(13-7-3-2-4-8-13)16-10-6-5-9-14(15)16/h5-6,9-10,12-13,15H,2-4,7-8,11,17H2,1H3. The second kappa shape index (κ2) is 4.93. The van der Waals surface area contributed by atoms with Crippen LogP contribution in [-0.4, -0.2) is 18.6 Å². The molecule has 18 heavy (non-hydrogen) atoms. The Bertz CT molecular complexity index is 407. The Morgan fingerprint density at radius 1 is 1.17 bits per heavy atom. The molecule has 0 spiro atoms. The molecule has 0 radical (unpaired) electrons. The molecule has 0 saturated heterocycles. The van der Waals surface area contributed by atoms with E-state index in [2.05, 4.69) is 36.1 Å². The molecule has 3 rings (SSSR count). The quantitative estimate of drug-likeness (QED) is 0.865. The maximum atomic E-state index is 6.18. The van der Waals surface area contributed by atoms with Crippen molar-refractivity contribution in [3.8, 4) is 0 Å². The van der Waals surface area contributed by atoms with Gasteiger partial charge in [-0.15, -0.1) is 0 Å². The Labute approximate surface area is 110 Å². The van der Waals surface area contributed by atoms with Gasteiger partial charge in [-0.25, -0.2) is 0 Å². The van der Waals surface area contributed by atoms with Gasteiger partial charge in [-0.2, -0.15) is 0 Å². The van der Waals surface area contributed by atoms with Crippen LogP contribution in [0.25, 0.3) is 0 Å². The first-order valence-electron chi connectivity index (χ1n) is 7.38. The highest BCUT2D eigenvalue weighted by Gasteiger charge is 2.34. The van der Waals surface area contributed by atoms with Crippen LogP contribution >= 0.6 is 0 Å². The normalized spacial score (nSPS) is 26.1. The second-order valence-electron chi connectivity index (χ2n) is 5.97. The summed E-state index contributed by atoms with van der Waals surface area (Å²) in [6.07, 6.45) is 6.93. The molecule has 2 aliphatic rings. The van der Waals surface area contributed by atoms with Gasteiger partial charge in [0.05, 0.1) is 0 Å². The Morgan fingerprint density at radius 2 is 1.89 bits per heavy atom. The Morgan fingerprint density at radius 3 is 2.61 bits per heavy atom. The van der Waals surface area contributed by atoms with Crippen molar-refractivity contribution in [1.82, 2.24) is 0 Å². The number of nitrogens with two attached hydrogens (primary N) is 1. The van der Waals surface area contributed by atoms with E-state index in [1.165, 1.54) is 43.4 Å². The van der Waals surface area contributed by atoms with E-state index in [0.29, 0.717) is 5.92 Å². The van der Waals surface area contributed by atoms with Crippen molar-refractivity contribution in [2.45, 2.75) is 57.0 Å². The monoisotopic (exact) mass is 244 g/mol. The number of hydrogen-bond donors (Lipinski definition) is 1. The van der Waals surface area contributed by atoms with Crippen LogP contribution in [0.4, 0.5) is 5.69 Å². The molecule has 0 amide bonds. The fourth-order valence-electron chi connectivity index (χ4n) is 3.66. The van der Waals surface area contributed by atoms with Gasteiger partial charge in [-0.3, -0.25) is 0 Å². The van der Waals surface area contributed by atoms with E-state index in [1.54, 1.807) is 0 Å². The zero-order chi connectivity index (χ0) is 12.5. The van der Waals surface area contributed by atoms with Crippen LogP contribution in [-0.2, 0) is 0 Å². The van der Waals surface area contributed by atoms with E-state index in [9.17, 15) is 0 Å². The van der Waals surface area contributed by atoms with Gasteiger partial charge in [0.25, 0.3) is 0 Å². The fourth-order valence-corrected chi connectivity index (χ4v) is 3.66. The predicted molar refractivity (Wildman–Crippen MR) is 77.1 cm³/mol. The SMILES string of the molecule is CC(N)C1CN(C2CCCCC2)c2ccccc21. The molecular formula is C16H24N2. The van der Waals surface area contributed by atoms with Crippen molar-refractivity contribution in [2.24, 2.45) is 5.73 Å². The van der Waals surface area contributed by atoms with Crippen molar-refractivity contribution >= 4 is 5.69 Å². The molecule has 1 saturated carbocycles. The lowest BCUT2D eigenvalue weighted by molar-refractivity contribution is 0.411. The van der Waals surface area contributed by atoms with Crippen LogP contribution in [0.2, 0.25) is 0 Å². The number of nitrogens with zero attached hydrogens (tertiary/aromatic N) is 1. The first kappa shape index (κ1) is 12.0. The maximum absolute atomic E-state index is 6.18. The van der Waals surface area contributed by atoms with Crippen molar-refractivity contribution in [1.29, 1.82) is 0 Å². The molecule has 2 unspecified atom stereocenters. The number of fused-ring (bicyclic) bond motifs is 1. The first-order chi connectivity index (χ1) is 8.77. The number of hydrogen-bond acceptors (Lipinski definition) is 2. The third kappa shape index (κ3) is 2.03. The zero-order valence-electron chi connectivity index (χ0n) is 11.3. The van der Waals surface area contributed by atoms with Gasteiger partial charge in [-0.1, -0.05) is 37.5 Å². The molecule has 1 aromatic carbocycles. The Balaban J connectivity index is 1.89. The van der Waals surface area contributed by atoms with Crippen molar-refractivity contribution in [2.75, 3.05) is 11.4 Å². The van der Waals surface area contributed by atoms with E-state index >= 15 is 0 Å². The lowest BCUT2D eigenvalue weighted by atomic mass is 9.94. The summed E-state index contributed by atoms with van der Waals surface area (Å²) >= 11 is 0. The molecule has 1 heterocycles. The highest BCUT2D eigenvalue weighted by molar-refractivity contribution is 5.61. The lowest BCUT2D eigenvalue weighted by Gasteiger charge is -2.33. The third-order valence-electron chi connectivity index (χ3n) is 4.69. The molecule has 2 atom stereocenters. The number of anilines is 1. The smallest absolute Gasteiger partial charge is 0.0405 e. The van der Waals surface area contributed by atoms with E-state index < -0.39 is 0 Å². The molecular weight excluding hydrogens is 220 g/mol. The van der Waals surface area contributed by atoms with Gasteiger partial charge in [0, 0.05) is 30.2 Å². The minimum absolute atomic E-state index is 0.250. The van der Waals surface area contributed by atoms with E-state index in [0.717, 1.165) is 12.6 Å². The number of rotatable bonds is 2. The molecule has 1 aromatic rings. The molecule has 98 valence electrons. The Kier molecular flexibility index (Phi) is 3.29.